The lowest BCUT2D eigenvalue weighted by Crippen LogP contribution is -2.50. The lowest BCUT2D eigenvalue weighted by molar-refractivity contribution is -0.143. The molecule has 4 bridgehead atoms. The fourth-order valence-electron chi connectivity index (χ4n) is 5.47. The van der Waals surface area contributed by atoms with Crippen LogP contribution in [0.2, 0.25) is 0 Å². The predicted octanol–water partition coefficient (Wildman–Crippen LogP) is 2.63. The molecular weight excluding hydrogens is 610 g/mol. The molecule has 2 aromatic heterocycles. The third-order valence-corrected chi connectivity index (χ3v) is 8.80. The van der Waals surface area contributed by atoms with Crippen LogP contribution in [0, 0.1) is 5.92 Å². The molecule has 2 aliphatic heterocycles. The second kappa shape index (κ2) is 15.1. The Labute approximate surface area is 271 Å². The summed E-state index contributed by atoms with van der Waals surface area (Å²) in [5.74, 6) is -1.55. The van der Waals surface area contributed by atoms with Gasteiger partial charge in [-0.05, 0) is 30.7 Å². The number of oxazole rings is 1. The van der Waals surface area contributed by atoms with Crippen molar-refractivity contribution in [2.45, 2.75) is 58.0 Å². The van der Waals surface area contributed by atoms with Crippen LogP contribution in [0.1, 0.15) is 89.1 Å². The van der Waals surface area contributed by atoms with Crippen molar-refractivity contribution in [2.24, 2.45) is 5.92 Å². The number of piperidine rings is 1. The lowest BCUT2D eigenvalue weighted by atomic mass is 10.0. The Kier molecular flexibility index (Phi) is 10.8. The molecule has 0 spiro atoms. The minimum atomic E-state index is -0.747. The first kappa shape index (κ1) is 32.8. The number of benzene rings is 1. The zero-order valence-electron chi connectivity index (χ0n) is 26.0. The van der Waals surface area contributed by atoms with Gasteiger partial charge in [0, 0.05) is 37.9 Å². The summed E-state index contributed by atoms with van der Waals surface area (Å²) in [5.41, 5.74) is 1.12. The largest absolute Gasteiger partial charge is 0.446 e. The van der Waals surface area contributed by atoms with Crippen molar-refractivity contribution in [1.82, 2.24) is 35.7 Å². The van der Waals surface area contributed by atoms with Crippen molar-refractivity contribution in [3.05, 3.63) is 69.8 Å². The van der Waals surface area contributed by atoms with Gasteiger partial charge < -0.3 is 30.2 Å². The number of hydrogen-bond donors (Lipinski definition) is 3. The van der Waals surface area contributed by atoms with E-state index in [4.69, 9.17) is 4.42 Å². The molecule has 1 fully saturated rings. The summed E-state index contributed by atoms with van der Waals surface area (Å²) >= 11 is 1.27. The smallest absolute Gasteiger partial charge is 0.273 e. The maximum atomic E-state index is 13.5. The molecule has 3 aromatic rings. The molecule has 0 aliphatic carbocycles. The van der Waals surface area contributed by atoms with E-state index in [0.29, 0.717) is 30.8 Å². The first-order valence-corrected chi connectivity index (χ1v) is 16.4. The van der Waals surface area contributed by atoms with E-state index >= 15 is 0 Å². The average Bonchev–Trinajstić information content (AvgIpc) is 3.72. The van der Waals surface area contributed by atoms with Gasteiger partial charge in [0.25, 0.3) is 11.8 Å². The molecule has 14 heteroatoms. The standard InChI is InChI=1S/C32H39N7O6S/c1-20(2)14-23-32-37-25(19-46-32)29(43)33-11-13-39(28(42)17-38-12-7-6-10-27(38)41)16-26(40)34-22(15-21-8-4-3-5-9-21)31-36-24(18-45-31)30(44)35-23/h3-5,8-9,18-20,22-23H,6-7,10-17H2,1-2H3,(H,33,43)(H,34,40)(H,35,44)/t22-,23-/m0/s1. The second-order valence-corrected chi connectivity index (χ2v) is 12.8. The third kappa shape index (κ3) is 8.56. The molecular formula is C32H39N7O6S. The minimum Gasteiger partial charge on any atom is -0.446 e. The Balaban J connectivity index is 1.44. The number of hydrogen-bond acceptors (Lipinski definition) is 9. The highest BCUT2D eigenvalue weighted by Crippen LogP contribution is 2.26. The number of rotatable bonds is 6. The van der Waals surface area contributed by atoms with Gasteiger partial charge >= 0.3 is 0 Å². The summed E-state index contributed by atoms with van der Waals surface area (Å²) in [5, 5.41) is 10.9. The highest BCUT2D eigenvalue weighted by molar-refractivity contribution is 7.09. The fourth-order valence-corrected chi connectivity index (χ4v) is 6.33. The van der Waals surface area contributed by atoms with Crippen molar-refractivity contribution in [2.75, 3.05) is 32.7 Å². The minimum absolute atomic E-state index is 0.0368. The Hall–Kier alpha value is -4.59. The molecule has 244 valence electrons. The zero-order chi connectivity index (χ0) is 32.6. The van der Waals surface area contributed by atoms with Gasteiger partial charge in [0.05, 0.1) is 19.1 Å². The molecule has 0 saturated carbocycles. The normalized spacial score (nSPS) is 20.1. The van der Waals surface area contributed by atoms with Crippen LogP contribution < -0.4 is 16.0 Å². The number of fused-ring (bicyclic) bond motifs is 4. The third-order valence-electron chi connectivity index (χ3n) is 7.84. The van der Waals surface area contributed by atoms with Crippen molar-refractivity contribution in [3.8, 4) is 0 Å². The molecule has 5 rings (SSSR count). The SMILES string of the molecule is CC(C)C[C@@H]1NC(=O)c2coc(n2)[C@H](Cc2ccccc2)NC(=O)CN(C(=O)CN2CCCCC2=O)CCNC(=O)c2csc1n2. The van der Waals surface area contributed by atoms with E-state index in [-0.39, 0.29) is 55.3 Å². The number of nitrogens with one attached hydrogen (secondary N) is 3. The number of amides is 5. The maximum absolute atomic E-state index is 13.5. The highest BCUT2D eigenvalue weighted by atomic mass is 32.1. The molecule has 0 unspecified atom stereocenters. The van der Waals surface area contributed by atoms with Crippen molar-refractivity contribution < 1.29 is 28.4 Å². The summed E-state index contributed by atoms with van der Waals surface area (Å²) < 4.78 is 5.75. The van der Waals surface area contributed by atoms with Crippen LogP contribution >= 0.6 is 11.3 Å². The van der Waals surface area contributed by atoms with Crippen LogP contribution in [0.5, 0.6) is 0 Å². The van der Waals surface area contributed by atoms with E-state index in [1.165, 1.54) is 27.4 Å². The second-order valence-electron chi connectivity index (χ2n) is 12.0. The van der Waals surface area contributed by atoms with Crippen LogP contribution in [-0.2, 0) is 20.8 Å². The Morgan fingerprint density at radius 3 is 2.57 bits per heavy atom. The molecule has 13 nitrogen and oxygen atoms in total. The molecule has 46 heavy (non-hydrogen) atoms. The van der Waals surface area contributed by atoms with Gasteiger partial charge in [-0.2, -0.15) is 0 Å². The molecule has 2 aliphatic rings. The molecule has 2 atom stereocenters. The van der Waals surface area contributed by atoms with Gasteiger partial charge in [0.1, 0.15) is 23.0 Å². The van der Waals surface area contributed by atoms with Crippen molar-refractivity contribution in [1.29, 1.82) is 0 Å². The summed E-state index contributed by atoms with van der Waals surface area (Å²) in [6, 6.07) is 8.23. The topological polar surface area (TPSA) is 167 Å². The molecule has 1 aromatic carbocycles. The number of carbonyl (C=O) groups is 5. The van der Waals surface area contributed by atoms with E-state index < -0.39 is 35.7 Å². The monoisotopic (exact) mass is 649 g/mol. The van der Waals surface area contributed by atoms with E-state index in [1.807, 2.05) is 44.2 Å². The average molecular weight is 650 g/mol. The Bertz CT molecular complexity index is 1550. The van der Waals surface area contributed by atoms with Gasteiger partial charge in [-0.25, -0.2) is 9.97 Å². The molecule has 1 saturated heterocycles. The van der Waals surface area contributed by atoms with Gasteiger partial charge in [-0.15, -0.1) is 11.3 Å². The number of likely N-dealkylation sites (tertiary alicyclic amines) is 1. The number of thiazole rings is 1. The van der Waals surface area contributed by atoms with E-state index in [2.05, 4.69) is 25.9 Å². The van der Waals surface area contributed by atoms with E-state index in [9.17, 15) is 24.0 Å². The van der Waals surface area contributed by atoms with Crippen molar-refractivity contribution in [3.63, 3.8) is 0 Å². The zero-order valence-corrected chi connectivity index (χ0v) is 26.8. The Morgan fingerprint density at radius 1 is 1.00 bits per heavy atom. The predicted molar refractivity (Wildman–Crippen MR) is 169 cm³/mol. The molecule has 5 amide bonds. The first-order valence-electron chi connectivity index (χ1n) is 15.5. The van der Waals surface area contributed by atoms with Crippen LogP contribution in [0.15, 0.2) is 46.4 Å². The maximum Gasteiger partial charge on any atom is 0.273 e. The van der Waals surface area contributed by atoms with Gasteiger partial charge in [0.2, 0.25) is 23.6 Å². The summed E-state index contributed by atoms with van der Waals surface area (Å²) in [7, 11) is 0. The first-order chi connectivity index (χ1) is 22.2. The fraction of sp³-hybridized carbons (Fsp3) is 0.469. The van der Waals surface area contributed by atoms with Crippen molar-refractivity contribution >= 4 is 40.9 Å². The summed E-state index contributed by atoms with van der Waals surface area (Å²) in [6.07, 6.45) is 4.12. The van der Waals surface area contributed by atoms with Crippen LogP contribution in [-0.4, -0.2) is 82.0 Å². The van der Waals surface area contributed by atoms with E-state index in [1.54, 1.807) is 5.38 Å². The number of aromatic nitrogens is 2. The number of nitrogens with zero attached hydrogens (tertiary/aromatic N) is 4. The lowest BCUT2D eigenvalue weighted by Gasteiger charge is -2.30. The molecule has 3 N–H and O–H groups in total. The van der Waals surface area contributed by atoms with Crippen LogP contribution in [0.25, 0.3) is 0 Å². The van der Waals surface area contributed by atoms with Crippen LogP contribution in [0.4, 0.5) is 0 Å². The van der Waals surface area contributed by atoms with Crippen LogP contribution in [0.3, 0.4) is 0 Å². The molecule has 4 heterocycles. The van der Waals surface area contributed by atoms with Gasteiger partial charge in [-0.3, -0.25) is 24.0 Å². The van der Waals surface area contributed by atoms with Gasteiger partial charge in [0.15, 0.2) is 5.69 Å². The highest BCUT2D eigenvalue weighted by Gasteiger charge is 2.29. The summed E-state index contributed by atoms with van der Waals surface area (Å²) in [6.45, 7) is 4.14. The number of carbonyl (C=O) groups excluding carboxylic acids is 5. The van der Waals surface area contributed by atoms with E-state index in [0.717, 1.165) is 18.4 Å². The summed E-state index contributed by atoms with van der Waals surface area (Å²) in [4.78, 5) is 77.5. The van der Waals surface area contributed by atoms with Gasteiger partial charge in [-0.1, -0.05) is 44.2 Å². The quantitative estimate of drug-likeness (QED) is 0.367. The molecule has 0 radical (unpaired) electrons. The Morgan fingerprint density at radius 2 is 1.80 bits per heavy atom.